The molecule has 136 valence electrons. The predicted octanol–water partition coefficient (Wildman–Crippen LogP) is 1.98. The van der Waals surface area contributed by atoms with Crippen LogP contribution in [0.15, 0.2) is 23.1 Å². The van der Waals surface area contributed by atoms with Crippen LogP contribution in [0, 0.1) is 0 Å². The number of morpholine rings is 1. The molecule has 0 radical (unpaired) electrons. The van der Waals surface area contributed by atoms with E-state index < -0.39 is 5.25 Å². The van der Waals surface area contributed by atoms with Crippen molar-refractivity contribution in [1.29, 1.82) is 0 Å². The zero-order valence-corrected chi connectivity index (χ0v) is 15.5. The van der Waals surface area contributed by atoms with Gasteiger partial charge in [0, 0.05) is 36.0 Å². The van der Waals surface area contributed by atoms with Crippen molar-refractivity contribution in [3.8, 4) is 0 Å². The zero-order valence-electron chi connectivity index (χ0n) is 13.9. The molecular formula is C17H22ClN3O3S. The van der Waals surface area contributed by atoms with E-state index in [2.05, 4.69) is 15.5 Å². The third-order valence-electron chi connectivity index (χ3n) is 4.21. The molecule has 0 bridgehead atoms. The lowest BCUT2D eigenvalue weighted by molar-refractivity contribution is -0.124. The number of hydrogen-bond donors (Lipinski definition) is 2. The summed E-state index contributed by atoms with van der Waals surface area (Å²) in [5.41, 5.74) is 0.713. The summed E-state index contributed by atoms with van der Waals surface area (Å²) in [5.74, 6) is -0.240. The molecule has 0 unspecified atom stereocenters. The van der Waals surface area contributed by atoms with Crippen molar-refractivity contribution in [2.45, 2.75) is 23.0 Å². The summed E-state index contributed by atoms with van der Waals surface area (Å²) in [6, 6.07) is 5.38. The SMILES string of the molecule is O=C(C[C@@H]1Sc2ccc(Cl)cc2NC1=O)NCCCN1CCOCC1. The zero-order chi connectivity index (χ0) is 17.6. The molecule has 1 atom stereocenters. The Morgan fingerprint density at radius 1 is 1.40 bits per heavy atom. The lowest BCUT2D eigenvalue weighted by Gasteiger charge is -2.26. The van der Waals surface area contributed by atoms with Gasteiger partial charge in [-0.05, 0) is 31.2 Å². The molecule has 3 rings (SSSR count). The molecule has 1 saturated heterocycles. The number of fused-ring (bicyclic) bond motifs is 1. The summed E-state index contributed by atoms with van der Waals surface area (Å²) in [4.78, 5) is 27.6. The first-order chi connectivity index (χ1) is 12.1. The number of hydrogen-bond acceptors (Lipinski definition) is 5. The second-order valence-electron chi connectivity index (χ2n) is 6.10. The molecule has 2 amide bonds. The van der Waals surface area contributed by atoms with Gasteiger partial charge < -0.3 is 15.4 Å². The van der Waals surface area contributed by atoms with Crippen molar-refractivity contribution in [2.75, 3.05) is 44.7 Å². The second kappa shape index (κ2) is 8.89. The number of benzene rings is 1. The lowest BCUT2D eigenvalue weighted by atomic mass is 10.2. The van der Waals surface area contributed by atoms with Crippen LogP contribution < -0.4 is 10.6 Å². The monoisotopic (exact) mass is 383 g/mol. The molecule has 0 saturated carbocycles. The third-order valence-corrected chi connectivity index (χ3v) is 5.72. The van der Waals surface area contributed by atoms with Crippen LogP contribution in [-0.2, 0) is 14.3 Å². The molecule has 2 heterocycles. The topological polar surface area (TPSA) is 70.7 Å². The van der Waals surface area contributed by atoms with Crippen molar-refractivity contribution in [3.63, 3.8) is 0 Å². The molecule has 1 fully saturated rings. The van der Waals surface area contributed by atoms with E-state index in [1.54, 1.807) is 12.1 Å². The van der Waals surface area contributed by atoms with Gasteiger partial charge in [0.25, 0.3) is 0 Å². The van der Waals surface area contributed by atoms with Crippen molar-refractivity contribution in [1.82, 2.24) is 10.2 Å². The summed E-state index contributed by atoms with van der Waals surface area (Å²) in [5, 5.41) is 5.91. The number of carbonyl (C=O) groups is 2. The minimum atomic E-state index is -0.409. The van der Waals surface area contributed by atoms with Gasteiger partial charge in [-0.2, -0.15) is 0 Å². The molecule has 0 spiro atoms. The van der Waals surface area contributed by atoms with Crippen molar-refractivity contribution >= 4 is 40.9 Å². The number of nitrogens with one attached hydrogen (secondary N) is 2. The third kappa shape index (κ3) is 5.34. The molecule has 25 heavy (non-hydrogen) atoms. The van der Waals surface area contributed by atoms with E-state index >= 15 is 0 Å². The van der Waals surface area contributed by atoms with E-state index in [-0.39, 0.29) is 18.2 Å². The average molecular weight is 384 g/mol. The summed E-state index contributed by atoms with van der Waals surface area (Å²) in [6.07, 6.45) is 1.08. The smallest absolute Gasteiger partial charge is 0.238 e. The minimum absolute atomic E-state index is 0.0907. The van der Waals surface area contributed by atoms with Gasteiger partial charge in [0.15, 0.2) is 0 Å². The van der Waals surface area contributed by atoms with E-state index in [9.17, 15) is 9.59 Å². The number of anilines is 1. The highest BCUT2D eigenvalue weighted by Crippen LogP contribution is 2.38. The van der Waals surface area contributed by atoms with Gasteiger partial charge in [0.05, 0.1) is 24.2 Å². The molecule has 1 aromatic carbocycles. The number of amides is 2. The Labute approximate surface area is 156 Å². The number of thioether (sulfide) groups is 1. The molecule has 2 N–H and O–H groups in total. The fourth-order valence-corrected chi connectivity index (χ4v) is 4.12. The number of rotatable bonds is 6. The highest BCUT2D eigenvalue weighted by Gasteiger charge is 2.29. The minimum Gasteiger partial charge on any atom is -0.379 e. The average Bonchev–Trinajstić information content (AvgIpc) is 2.60. The van der Waals surface area contributed by atoms with Crippen molar-refractivity contribution < 1.29 is 14.3 Å². The van der Waals surface area contributed by atoms with Crippen LogP contribution in [0.1, 0.15) is 12.8 Å². The fourth-order valence-electron chi connectivity index (χ4n) is 2.85. The van der Waals surface area contributed by atoms with E-state index in [4.69, 9.17) is 16.3 Å². The molecule has 1 aromatic rings. The maximum absolute atomic E-state index is 12.2. The van der Waals surface area contributed by atoms with Gasteiger partial charge in [0.1, 0.15) is 0 Å². The van der Waals surface area contributed by atoms with Gasteiger partial charge in [-0.3, -0.25) is 14.5 Å². The van der Waals surface area contributed by atoms with Crippen LogP contribution in [0.5, 0.6) is 0 Å². The Bertz CT molecular complexity index is 638. The van der Waals surface area contributed by atoms with Gasteiger partial charge in [0.2, 0.25) is 11.8 Å². The quantitative estimate of drug-likeness (QED) is 0.735. The Kier molecular flexibility index (Phi) is 6.58. The normalized spacial score (nSPS) is 20.7. The predicted molar refractivity (Wildman–Crippen MR) is 99.2 cm³/mol. The number of carbonyl (C=O) groups excluding carboxylic acids is 2. The Morgan fingerprint density at radius 2 is 2.20 bits per heavy atom. The number of nitrogens with zero attached hydrogens (tertiary/aromatic N) is 1. The van der Waals surface area contributed by atoms with E-state index in [1.807, 2.05) is 6.07 Å². The molecule has 0 aliphatic carbocycles. The van der Waals surface area contributed by atoms with E-state index in [0.717, 1.165) is 44.2 Å². The van der Waals surface area contributed by atoms with Gasteiger partial charge in [-0.15, -0.1) is 11.8 Å². The van der Waals surface area contributed by atoms with E-state index in [1.165, 1.54) is 11.8 Å². The van der Waals surface area contributed by atoms with Crippen LogP contribution in [0.3, 0.4) is 0 Å². The first-order valence-corrected chi connectivity index (χ1v) is 9.71. The molecule has 2 aliphatic heterocycles. The molecule has 6 nitrogen and oxygen atoms in total. The summed E-state index contributed by atoms with van der Waals surface area (Å²) in [7, 11) is 0. The fraction of sp³-hybridized carbons (Fsp3) is 0.529. The lowest BCUT2D eigenvalue weighted by Crippen LogP contribution is -2.39. The summed E-state index contributed by atoms with van der Waals surface area (Å²) in [6.45, 7) is 5.06. The molecular weight excluding hydrogens is 362 g/mol. The number of halogens is 1. The molecule has 8 heteroatoms. The number of ether oxygens (including phenoxy) is 1. The second-order valence-corrected chi connectivity index (χ2v) is 7.78. The standard InChI is InChI=1S/C17H22ClN3O3S/c18-12-2-3-14-13(10-12)20-17(23)15(25-14)11-16(22)19-4-1-5-21-6-8-24-9-7-21/h2-3,10,15H,1,4-9,11H2,(H,19,22)(H,20,23)/t15-/m0/s1. The van der Waals surface area contributed by atoms with Gasteiger partial charge >= 0.3 is 0 Å². The van der Waals surface area contributed by atoms with Crippen LogP contribution in [-0.4, -0.2) is 61.4 Å². The van der Waals surface area contributed by atoms with Crippen LogP contribution >= 0.6 is 23.4 Å². The van der Waals surface area contributed by atoms with E-state index in [0.29, 0.717) is 17.3 Å². The van der Waals surface area contributed by atoms with Crippen LogP contribution in [0.4, 0.5) is 5.69 Å². The molecule has 0 aromatic heterocycles. The highest BCUT2D eigenvalue weighted by molar-refractivity contribution is 8.01. The Balaban J connectivity index is 1.40. The Morgan fingerprint density at radius 3 is 3.00 bits per heavy atom. The first-order valence-electron chi connectivity index (χ1n) is 8.46. The first kappa shape index (κ1) is 18.5. The Hall–Kier alpha value is -1.28. The summed E-state index contributed by atoms with van der Waals surface area (Å²) < 4.78 is 5.31. The van der Waals surface area contributed by atoms with Crippen molar-refractivity contribution in [2.24, 2.45) is 0 Å². The van der Waals surface area contributed by atoms with Gasteiger partial charge in [-0.25, -0.2) is 0 Å². The van der Waals surface area contributed by atoms with Crippen LogP contribution in [0.25, 0.3) is 0 Å². The summed E-state index contributed by atoms with van der Waals surface area (Å²) >= 11 is 7.35. The van der Waals surface area contributed by atoms with Crippen molar-refractivity contribution in [3.05, 3.63) is 23.2 Å². The highest BCUT2D eigenvalue weighted by atomic mass is 35.5. The molecule has 2 aliphatic rings. The largest absolute Gasteiger partial charge is 0.379 e. The maximum Gasteiger partial charge on any atom is 0.238 e. The van der Waals surface area contributed by atoms with Crippen LogP contribution in [0.2, 0.25) is 5.02 Å². The van der Waals surface area contributed by atoms with Gasteiger partial charge in [-0.1, -0.05) is 11.6 Å². The maximum atomic E-state index is 12.2.